The SMILES string of the molecule is COc1ccc(Cl)cc1CN(C)CC1CC(O)C1. The van der Waals surface area contributed by atoms with Gasteiger partial charge in [0.1, 0.15) is 5.75 Å². The van der Waals surface area contributed by atoms with Crippen LogP contribution in [0.15, 0.2) is 18.2 Å². The lowest BCUT2D eigenvalue weighted by Crippen LogP contribution is -2.36. The fraction of sp³-hybridized carbons (Fsp3) is 0.571. The third kappa shape index (κ3) is 3.37. The molecule has 0 spiro atoms. The number of benzene rings is 1. The second-order valence-electron chi connectivity index (χ2n) is 5.14. The van der Waals surface area contributed by atoms with Gasteiger partial charge in [0.05, 0.1) is 13.2 Å². The van der Waals surface area contributed by atoms with Gasteiger partial charge in [0, 0.05) is 23.7 Å². The predicted octanol–water partition coefficient (Wildman–Crippen LogP) is 2.55. The number of methoxy groups -OCH3 is 1. The smallest absolute Gasteiger partial charge is 0.123 e. The largest absolute Gasteiger partial charge is 0.496 e. The van der Waals surface area contributed by atoms with Crippen LogP contribution in [0.3, 0.4) is 0 Å². The van der Waals surface area contributed by atoms with E-state index < -0.39 is 0 Å². The van der Waals surface area contributed by atoms with E-state index in [1.54, 1.807) is 7.11 Å². The number of aliphatic hydroxyl groups excluding tert-OH is 1. The van der Waals surface area contributed by atoms with Crippen molar-refractivity contribution in [3.05, 3.63) is 28.8 Å². The van der Waals surface area contributed by atoms with E-state index in [1.807, 2.05) is 18.2 Å². The van der Waals surface area contributed by atoms with Gasteiger partial charge in [-0.15, -0.1) is 0 Å². The van der Waals surface area contributed by atoms with Crippen molar-refractivity contribution in [2.45, 2.75) is 25.5 Å². The molecule has 100 valence electrons. The van der Waals surface area contributed by atoms with Gasteiger partial charge in [0.2, 0.25) is 0 Å². The standard InChI is InChI=1S/C14H20ClNO2/c1-16(8-10-5-13(17)6-10)9-11-7-12(15)3-4-14(11)18-2/h3-4,7,10,13,17H,5-6,8-9H2,1-2H3. The summed E-state index contributed by atoms with van der Waals surface area (Å²) < 4.78 is 5.34. The Bertz CT molecular complexity index is 405. The fourth-order valence-corrected chi connectivity index (χ4v) is 2.71. The molecule has 0 saturated heterocycles. The lowest BCUT2D eigenvalue weighted by Gasteiger charge is -2.34. The Morgan fingerprint density at radius 1 is 1.44 bits per heavy atom. The summed E-state index contributed by atoms with van der Waals surface area (Å²) in [6.07, 6.45) is 1.78. The fourth-order valence-electron chi connectivity index (χ4n) is 2.52. The number of aliphatic hydroxyl groups is 1. The molecule has 18 heavy (non-hydrogen) atoms. The van der Waals surface area contributed by atoms with Crippen molar-refractivity contribution < 1.29 is 9.84 Å². The molecule has 2 rings (SSSR count). The summed E-state index contributed by atoms with van der Waals surface area (Å²) in [6.45, 7) is 1.82. The van der Waals surface area contributed by atoms with Crippen molar-refractivity contribution in [3.63, 3.8) is 0 Å². The van der Waals surface area contributed by atoms with Crippen molar-refractivity contribution in [3.8, 4) is 5.75 Å². The minimum absolute atomic E-state index is 0.0795. The first kappa shape index (κ1) is 13.7. The zero-order chi connectivity index (χ0) is 13.1. The van der Waals surface area contributed by atoms with E-state index in [-0.39, 0.29) is 6.10 Å². The molecule has 1 aromatic carbocycles. The normalized spacial score (nSPS) is 22.9. The van der Waals surface area contributed by atoms with Crippen LogP contribution in [0.5, 0.6) is 5.75 Å². The summed E-state index contributed by atoms with van der Waals surface area (Å²) in [5, 5.41) is 10.0. The van der Waals surface area contributed by atoms with E-state index in [1.165, 1.54) is 0 Å². The number of nitrogens with zero attached hydrogens (tertiary/aromatic N) is 1. The Hall–Kier alpha value is -0.770. The molecule has 1 N–H and O–H groups in total. The minimum Gasteiger partial charge on any atom is -0.496 e. The molecule has 1 aromatic rings. The van der Waals surface area contributed by atoms with Crippen LogP contribution in [-0.2, 0) is 6.54 Å². The lowest BCUT2D eigenvalue weighted by molar-refractivity contribution is 0.0273. The first-order valence-electron chi connectivity index (χ1n) is 6.27. The summed E-state index contributed by atoms with van der Waals surface area (Å²) in [4.78, 5) is 2.25. The Morgan fingerprint density at radius 3 is 2.78 bits per heavy atom. The summed E-state index contributed by atoms with van der Waals surface area (Å²) in [5.41, 5.74) is 1.10. The van der Waals surface area contributed by atoms with Gasteiger partial charge in [-0.2, -0.15) is 0 Å². The molecule has 1 saturated carbocycles. The summed E-state index contributed by atoms with van der Waals surface area (Å²) in [6, 6.07) is 5.69. The van der Waals surface area contributed by atoms with E-state index in [0.717, 1.165) is 42.3 Å². The highest BCUT2D eigenvalue weighted by Crippen LogP contribution is 2.29. The molecule has 3 nitrogen and oxygen atoms in total. The molecule has 0 aliphatic heterocycles. The van der Waals surface area contributed by atoms with Crippen LogP contribution >= 0.6 is 11.6 Å². The molecule has 4 heteroatoms. The van der Waals surface area contributed by atoms with Crippen LogP contribution in [0, 0.1) is 5.92 Å². The van der Waals surface area contributed by atoms with Gasteiger partial charge in [-0.25, -0.2) is 0 Å². The molecule has 0 aromatic heterocycles. The highest BCUT2D eigenvalue weighted by molar-refractivity contribution is 6.30. The van der Waals surface area contributed by atoms with Crippen LogP contribution in [0.25, 0.3) is 0 Å². The van der Waals surface area contributed by atoms with Crippen LogP contribution in [0.1, 0.15) is 18.4 Å². The summed E-state index contributed by atoms with van der Waals surface area (Å²) >= 11 is 6.01. The number of rotatable bonds is 5. The Kier molecular flexibility index (Phi) is 4.49. The molecule has 0 amide bonds. The molecule has 1 aliphatic rings. The van der Waals surface area contributed by atoms with Crippen LogP contribution in [0.4, 0.5) is 0 Å². The van der Waals surface area contributed by atoms with E-state index in [4.69, 9.17) is 16.3 Å². The molecule has 1 fully saturated rings. The average molecular weight is 270 g/mol. The van der Waals surface area contributed by atoms with E-state index in [2.05, 4.69) is 11.9 Å². The molecule has 0 heterocycles. The summed E-state index contributed by atoms with van der Waals surface area (Å²) in [7, 11) is 3.76. The van der Waals surface area contributed by atoms with Crippen molar-refractivity contribution in [2.75, 3.05) is 20.7 Å². The Morgan fingerprint density at radius 2 is 2.17 bits per heavy atom. The summed E-state index contributed by atoms with van der Waals surface area (Å²) in [5.74, 6) is 1.50. The molecule has 0 bridgehead atoms. The van der Waals surface area contributed by atoms with E-state index >= 15 is 0 Å². The second kappa shape index (κ2) is 5.91. The molecular weight excluding hydrogens is 250 g/mol. The molecule has 1 aliphatic carbocycles. The maximum Gasteiger partial charge on any atom is 0.123 e. The van der Waals surface area contributed by atoms with Gasteiger partial charge < -0.3 is 14.7 Å². The van der Waals surface area contributed by atoms with Gasteiger partial charge in [-0.3, -0.25) is 0 Å². The number of hydrogen-bond donors (Lipinski definition) is 1. The average Bonchev–Trinajstić information content (AvgIpc) is 2.27. The molecular formula is C14H20ClNO2. The van der Waals surface area contributed by atoms with Crippen molar-refractivity contribution >= 4 is 11.6 Å². The van der Waals surface area contributed by atoms with Crippen molar-refractivity contribution in [1.82, 2.24) is 4.90 Å². The van der Waals surface area contributed by atoms with Crippen molar-refractivity contribution in [1.29, 1.82) is 0 Å². The molecule has 0 atom stereocenters. The molecule has 0 unspecified atom stereocenters. The lowest BCUT2D eigenvalue weighted by atomic mass is 9.82. The highest BCUT2D eigenvalue weighted by Gasteiger charge is 2.27. The van der Waals surface area contributed by atoms with Crippen molar-refractivity contribution in [2.24, 2.45) is 5.92 Å². The van der Waals surface area contributed by atoms with Crippen LogP contribution in [0.2, 0.25) is 5.02 Å². The monoisotopic (exact) mass is 269 g/mol. The quantitative estimate of drug-likeness (QED) is 0.892. The van der Waals surface area contributed by atoms with E-state index in [9.17, 15) is 5.11 Å². The number of hydrogen-bond acceptors (Lipinski definition) is 3. The highest BCUT2D eigenvalue weighted by atomic mass is 35.5. The molecule has 0 radical (unpaired) electrons. The zero-order valence-corrected chi connectivity index (χ0v) is 11.7. The van der Waals surface area contributed by atoms with Crippen LogP contribution < -0.4 is 4.74 Å². The third-order valence-corrected chi connectivity index (χ3v) is 3.70. The van der Waals surface area contributed by atoms with Gasteiger partial charge in [0.15, 0.2) is 0 Å². The van der Waals surface area contributed by atoms with E-state index in [0.29, 0.717) is 5.92 Å². The maximum atomic E-state index is 9.28. The first-order valence-corrected chi connectivity index (χ1v) is 6.65. The van der Waals surface area contributed by atoms with Gasteiger partial charge in [0.25, 0.3) is 0 Å². The van der Waals surface area contributed by atoms with Gasteiger partial charge >= 0.3 is 0 Å². The van der Waals surface area contributed by atoms with Gasteiger partial charge in [-0.05, 0) is 44.0 Å². The topological polar surface area (TPSA) is 32.7 Å². The maximum absolute atomic E-state index is 9.28. The number of halogens is 1. The Labute approximate surface area is 113 Å². The third-order valence-electron chi connectivity index (χ3n) is 3.46. The predicted molar refractivity (Wildman–Crippen MR) is 73.1 cm³/mol. The number of ether oxygens (including phenoxy) is 1. The van der Waals surface area contributed by atoms with Gasteiger partial charge in [-0.1, -0.05) is 11.6 Å². The van der Waals surface area contributed by atoms with Crippen LogP contribution in [-0.4, -0.2) is 36.8 Å². The minimum atomic E-state index is -0.0795. The second-order valence-corrected chi connectivity index (χ2v) is 5.58. The first-order chi connectivity index (χ1) is 8.58. The zero-order valence-electron chi connectivity index (χ0n) is 10.9. The Balaban J connectivity index is 1.93.